The molecule has 1 aromatic heterocycles. The van der Waals surface area contributed by atoms with Crippen LogP contribution in [-0.2, 0) is 13.1 Å². The van der Waals surface area contributed by atoms with Crippen molar-refractivity contribution in [3.63, 3.8) is 0 Å². The van der Waals surface area contributed by atoms with Gasteiger partial charge in [-0.15, -0.1) is 0 Å². The molecule has 0 radical (unpaired) electrons. The molecule has 0 fully saturated rings. The lowest BCUT2D eigenvalue weighted by atomic mass is 10.1. The van der Waals surface area contributed by atoms with Crippen molar-refractivity contribution in [3.8, 4) is 5.75 Å². The number of ether oxygens (including phenoxy) is 1. The number of hydrogen-bond acceptors (Lipinski definition) is 3. The first-order valence-corrected chi connectivity index (χ1v) is 7.51. The van der Waals surface area contributed by atoms with Gasteiger partial charge in [0.15, 0.2) is 0 Å². The Balaban J connectivity index is 2.19. The van der Waals surface area contributed by atoms with Gasteiger partial charge >= 0.3 is 0 Å². The number of aryl methyl sites for hydroxylation is 2. The van der Waals surface area contributed by atoms with E-state index in [4.69, 9.17) is 4.74 Å². The van der Waals surface area contributed by atoms with Gasteiger partial charge in [-0.25, -0.2) is 0 Å². The predicted molar refractivity (Wildman–Crippen MR) is 85.8 cm³/mol. The number of nitrogens with zero attached hydrogens (tertiary/aromatic N) is 2. The van der Waals surface area contributed by atoms with E-state index in [1.165, 1.54) is 16.8 Å². The van der Waals surface area contributed by atoms with Crippen molar-refractivity contribution in [1.29, 1.82) is 0 Å². The van der Waals surface area contributed by atoms with Crippen molar-refractivity contribution in [2.24, 2.45) is 0 Å². The quantitative estimate of drug-likeness (QED) is 0.796. The maximum atomic E-state index is 5.48. The molecule has 2 rings (SSSR count). The summed E-state index contributed by atoms with van der Waals surface area (Å²) in [6, 6.07) is 8.47. The molecular formula is C17H25N3O. The van der Waals surface area contributed by atoms with E-state index in [1.54, 1.807) is 7.11 Å². The molecule has 4 heteroatoms. The molecule has 0 saturated heterocycles. The lowest BCUT2D eigenvalue weighted by Gasteiger charge is -2.12. The lowest BCUT2D eigenvalue weighted by molar-refractivity contribution is 0.406. The lowest BCUT2D eigenvalue weighted by Crippen LogP contribution is -2.14. The van der Waals surface area contributed by atoms with Crippen molar-refractivity contribution < 1.29 is 4.74 Å². The van der Waals surface area contributed by atoms with Crippen LogP contribution in [0, 0.1) is 13.8 Å². The maximum Gasteiger partial charge on any atom is 0.123 e. The first-order valence-electron chi connectivity index (χ1n) is 7.51. The highest BCUT2D eigenvalue weighted by molar-refractivity contribution is 5.37. The third-order valence-electron chi connectivity index (χ3n) is 3.52. The molecule has 0 atom stereocenters. The zero-order valence-corrected chi connectivity index (χ0v) is 13.4. The zero-order chi connectivity index (χ0) is 15.2. The summed E-state index contributed by atoms with van der Waals surface area (Å²) in [5, 5.41) is 7.96. The van der Waals surface area contributed by atoms with E-state index in [-0.39, 0.29) is 0 Å². The number of hydrogen-bond donors (Lipinski definition) is 1. The van der Waals surface area contributed by atoms with Crippen molar-refractivity contribution in [1.82, 2.24) is 15.1 Å². The van der Waals surface area contributed by atoms with Crippen LogP contribution in [0.3, 0.4) is 0 Å². The predicted octanol–water partition coefficient (Wildman–Crippen LogP) is 3.06. The van der Waals surface area contributed by atoms with Crippen molar-refractivity contribution in [3.05, 3.63) is 46.8 Å². The van der Waals surface area contributed by atoms with Crippen LogP contribution in [0.4, 0.5) is 0 Å². The number of methoxy groups -OCH3 is 1. The van der Waals surface area contributed by atoms with E-state index in [9.17, 15) is 0 Å². The number of rotatable bonds is 7. The van der Waals surface area contributed by atoms with E-state index in [1.807, 2.05) is 17.7 Å². The summed E-state index contributed by atoms with van der Waals surface area (Å²) in [4.78, 5) is 0. The highest BCUT2D eigenvalue weighted by Crippen LogP contribution is 2.21. The number of benzene rings is 1. The van der Waals surface area contributed by atoms with Gasteiger partial charge in [-0.3, -0.25) is 4.68 Å². The van der Waals surface area contributed by atoms with Gasteiger partial charge in [-0.1, -0.05) is 13.0 Å². The van der Waals surface area contributed by atoms with Gasteiger partial charge < -0.3 is 10.1 Å². The second-order valence-corrected chi connectivity index (χ2v) is 5.41. The molecule has 0 aliphatic rings. The van der Waals surface area contributed by atoms with E-state index >= 15 is 0 Å². The van der Waals surface area contributed by atoms with E-state index in [2.05, 4.69) is 42.5 Å². The molecule has 0 aliphatic heterocycles. The van der Waals surface area contributed by atoms with Gasteiger partial charge in [0.05, 0.1) is 19.3 Å². The highest BCUT2D eigenvalue weighted by Gasteiger charge is 2.08. The van der Waals surface area contributed by atoms with Crippen LogP contribution in [0.2, 0.25) is 0 Å². The summed E-state index contributed by atoms with van der Waals surface area (Å²) in [6.45, 7) is 8.95. The third-order valence-corrected chi connectivity index (χ3v) is 3.52. The second kappa shape index (κ2) is 7.27. The molecule has 1 N–H and O–H groups in total. The Labute approximate surface area is 127 Å². The standard InChI is InChI=1S/C17H25N3O/c1-5-8-18-11-15-6-7-17(21-4)16(10-15)12-20-14(3)9-13(2)19-20/h6-7,9-10,18H,5,8,11-12H2,1-4H3. The van der Waals surface area contributed by atoms with Crippen molar-refractivity contribution in [2.75, 3.05) is 13.7 Å². The Bertz CT molecular complexity index is 590. The molecule has 0 aliphatic carbocycles. The van der Waals surface area contributed by atoms with E-state index in [0.717, 1.165) is 37.5 Å². The van der Waals surface area contributed by atoms with Gasteiger partial charge in [-0.05, 0) is 50.6 Å². The molecule has 21 heavy (non-hydrogen) atoms. The largest absolute Gasteiger partial charge is 0.496 e. The number of nitrogens with one attached hydrogen (secondary N) is 1. The monoisotopic (exact) mass is 287 g/mol. The Morgan fingerprint density at radius 2 is 2.05 bits per heavy atom. The Kier molecular flexibility index (Phi) is 5.39. The fourth-order valence-corrected chi connectivity index (χ4v) is 2.47. The Morgan fingerprint density at radius 3 is 2.67 bits per heavy atom. The average Bonchev–Trinajstić information content (AvgIpc) is 2.77. The summed E-state index contributed by atoms with van der Waals surface area (Å²) < 4.78 is 7.51. The van der Waals surface area contributed by atoms with Gasteiger partial charge in [0.2, 0.25) is 0 Å². The van der Waals surface area contributed by atoms with E-state index in [0.29, 0.717) is 0 Å². The molecule has 0 saturated carbocycles. The zero-order valence-electron chi connectivity index (χ0n) is 13.4. The summed E-state index contributed by atoms with van der Waals surface area (Å²) in [6.07, 6.45) is 1.15. The topological polar surface area (TPSA) is 39.1 Å². The Morgan fingerprint density at radius 1 is 1.24 bits per heavy atom. The minimum absolute atomic E-state index is 0.741. The summed E-state index contributed by atoms with van der Waals surface area (Å²) in [7, 11) is 1.72. The molecule has 114 valence electrons. The molecule has 2 aromatic rings. The summed E-state index contributed by atoms with van der Waals surface area (Å²) in [5.41, 5.74) is 4.66. The van der Waals surface area contributed by atoms with Gasteiger partial charge in [0.1, 0.15) is 5.75 Å². The maximum absolute atomic E-state index is 5.48. The van der Waals surface area contributed by atoms with Crippen LogP contribution in [0.1, 0.15) is 35.9 Å². The second-order valence-electron chi connectivity index (χ2n) is 5.41. The Hall–Kier alpha value is -1.81. The molecule has 0 unspecified atom stereocenters. The normalized spacial score (nSPS) is 10.9. The minimum atomic E-state index is 0.741. The first kappa shape index (κ1) is 15.6. The summed E-state index contributed by atoms with van der Waals surface area (Å²) in [5.74, 6) is 0.918. The van der Waals surface area contributed by atoms with Crippen molar-refractivity contribution in [2.45, 2.75) is 40.3 Å². The molecule has 0 amide bonds. The van der Waals surface area contributed by atoms with Crippen LogP contribution >= 0.6 is 0 Å². The molecule has 1 aromatic carbocycles. The van der Waals surface area contributed by atoms with Gasteiger partial charge in [0, 0.05) is 17.8 Å². The molecule has 0 spiro atoms. The fourth-order valence-electron chi connectivity index (χ4n) is 2.47. The highest BCUT2D eigenvalue weighted by atomic mass is 16.5. The van der Waals surface area contributed by atoms with Crippen LogP contribution in [0.25, 0.3) is 0 Å². The van der Waals surface area contributed by atoms with Crippen LogP contribution in [0.5, 0.6) is 5.75 Å². The minimum Gasteiger partial charge on any atom is -0.496 e. The average molecular weight is 287 g/mol. The van der Waals surface area contributed by atoms with E-state index < -0.39 is 0 Å². The van der Waals surface area contributed by atoms with Gasteiger partial charge in [0.25, 0.3) is 0 Å². The molecule has 4 nitrogen and oxygen atoms in total. The molecular weight excluding hydrogens is 262 g/mol. The van der Waals surface area contributed by atoms with Gasteiger partial charge in [-0.2, -0.15) is 5.10 Å². The van der Waals surface area contributed by atoms with Crippen LogP contribution < -0.4 is 10.1 Å². The third kappa shape index (κ3) is 4.08. The van der Waals surface area contributed by atoms with Crippen LogP contribution in [0.15, 0.2) is 24.3 Å². The van der Waals surface area contributed by atoms with Crippen molar-refractivity contribution >= 4 is 0 Å². The smallest absolute Gasteiger partial charge is 0.123 e. The number of aromatic nitrogens is 2. The fraction of sp³-hybridized carbons (Fsp3) is 0.471. The summed E-state index contributed by atoms with van der Waals surface area (Å²) >= 11 is 0. The molecule has 1 heterocycles. The van der Waals surface area contributed by atoms with Crippen LogP contribution in [-0.4, -0.2) is 23.4 Å². The SMILES string of the molecule is CCCNCc1ccc(OC)c(Cn2nc(C)cc2C)c1. The first-order chi connectivity index (χ1) is 10.1. The molecule has 0 bridgehead atoms.